The molecule has 1 rings (SSSR count). The van der Waals surface area contributed by atoms with Crippen LogP contribution in [0.15, 0.2) is 12.1 Å². The molecule has 0 aromatic heterocycles. The summed E-state index contributed by atoms with van der Waals surface area (Å²) in [4.78, 5) is 11.2. The number of halogens is 3. The lowest BCUT2D eigenvalue weighted by molar-refractivity contribution is -0.140. The number of rotatable bonds is 6. The van der Waals surface area contributed by atoms with E-state index in [0.717, 1.165) is 6.07 Å². The Bertz CT molecular complexity index is 478. The van der Waals surface area contributed by atoms with Gasteiger partial charge >= 0.3 is 5.97 Å². The van der Waals surface area contributed by atoms with E-state index in [0.29, 0.717) is 12.5 Å². The van der Waals surface area contributed by atoms with Crippen molar-refractivity contribution in [3.8, 4) is 0 Å². The van der Waals surface area contributed by atoms with E-state index in [1.54, 1.807) is 0 Å². The van der Waals surface area contributed by atoms with E-state index in [1.165, 1.54) is 7.11 Å². The molecule has 1 aromatic rings. The lowest BCUT2D eigenvalue weighted by Crippen LogP contribution is -2.17. The molecule has 0 heterocycles. The fourth-order valence-electron chi connectivity index (χ4n) is 2.08. The first-order valence-electron chi connectivity index (χ1n) is 6.55. The first-order chi connectivity index (χ1) is 9.35. The third-order valence-corrected chi connectivity index (χ3v) is 3.46. The van der Waals surface area contributed by atoms with E-state index in [1.807, 2.05) is 13.6 Å². The van der Waals surface area contributed by atoms with Crippen LogP contribution in [0.3, 0.4) is 0 Å². The smallest absolute Gasteiger partial charge is 0.305 e. The molecular formula is C14H18BF3O2. The van der Waals surface area contributed by atoms with Gasteiger partial charge in [-0.2, -0.15) is 0 Å². The van der Waals surface area contributed by atoms with Gasteiger partial charge in [0.1, 0.15) is 12.5 Å². The Balaban J connectivity index is 2.80. The number of benzene rings is 1. The topological polar surface area (TPSA) is 26.3 Å². The van der Waals surface area contributed by atoms with Crippen LogP contribution in [0.25, 0.3) is 0 Å². The summed E-state index contributed by atoms with van der Waals surface area (Å²) in [7, 11) is 1.31. The molecule has 1 aromatic carbocycles. The van der Waals surface area contributed by atoms with Gasteiger partial charge in [0, 0.05) is 12.5 Å². The molecule has 0 saturated carbocycles. The zero-order valence-electron chi connectivity index (χ0n) is 11.9. The van der Waals surface area contributed by atoms with Crippen molar-refractivity contribution >= 4 is 12.7 Å². The van der Waals surface area contributed by atoms with Crippen molar-refractivity contribution in [2.45, 2.75) is 38.7 Å². The Kier molecular flexibility index (Phi) is 6.11. The van der Waals surface area contributed by atoms with E-state index in [2.05, 4.69) is 4.74 Å². The third-order valence-electron chi connectivity index (χ3n) is 3.46. The SMILES string of the molecule is COC(=O)CCC(Cc1cc(F)c(F)cc1F)B(C)C. The maximum absolute atomic E-state index is 13.6. The quantitative estimate of drug-likeness (QED) is 0.452. The molecule has 0 amide bonds. The van der Waals surface area contributed by atoms with Gasteiger partial charge in [0.05, 0.1) is 7.11 Å². The molecule has 1 unspecified atom stereocenters. The van der Waals surface area contributed by atoms with Crippen LogP contribution < -0.4 is 0 Å². The normalized spacial score (nSPS) is 12.1. The number of carbonyl (C=O) groups excluding carboxylic acids is 1. The summed E-state index contributed by atoms with van der Waals surface area (Å²) in [5, 5.41) is 0. The van der Waals surface area contributed by atoms with Gasteiger partial charge in [-0.3, -0.25) is 4.79 Å². The second-order valence-electron chi connectivity index (χ2n) is 5.18. The van der Waals surface area contributed by atoms with Crippen molar-refractivity contribution in [3.63, 3.8) is 0 Å². The zero-order valence-corrected chi connectivity index (χ0v) is 11.9. The Morgan fingerprint density at radius 1 is 1.20 bits per heavy atom. The maximum atomic E-state index is 13.6. The third kappa shape index (κ3) is 4.58. The average molecular weight is 286 g/mol. The van der Waals surface area contributed by atoms with Gasteiger partial charge in [-0.25, -0.2) is 13.2 Å². The highest BCUT2D eigenvalue weighted by Crippen LogP contribution is 2.26. The molecular weight excluding hydrogens is 268 g/mol. The standard InChI is InChI=1S/C14H18BF3O2/c1-15(2)10(4-5-14(19)20-3)6-9-7-12(17)13(18)8-11(9)16/h7-8,10H,4-6H2,1-3H3. The van der Waals surface area contributed by atoms with Crippen molar-refractivity contribution < 1.29 is 22.7 Å². The second-order valence-corrected chi connectivity index (χ2v) is 5.18. The summed E-state index contributed by atoms with van der Waals surface area (Å²) in [5.74, 6) is -3.35. The lowest BCUT2D eigenvalue weighted by Gasteiger charge is -2.19. The maximum Gasteiger partial charge on any atom is 0.305 e. The van der Waals surface area contributed by atoms with Gasteiger partial charge in [0.15, 0.2) is 11.6 Å². The predicted octanol–water partition coefficient (Wildman–Crippen LogP) is 3.72. The Morgan fingerprint density at radius 3 is 2.35 bits per heavy atom. The molecule has 0 saturated heterocycles. The zero-order chi connectivity index (χ0) is 15.3. The second kappa shape index (κ2) is 7.36. The first-order valence-corrected chi connectivity index (χ1v) is 6.55. The van der Waals surface area contributed by atoms with Crippen molar-refractivity contribution in [1.82, 2.24) is 0 Å². The number of methoxy groups -OCH3 is 1. The number of esters is 1. The molecule has 2 nitrogen and oxygen atoms in total. The number of hydrogen-bond acceptors (Lipinski definition) is 2. The van der Waals surface area contributed by atoms with E-state index in [-0.39, 0.29) is 36.9 Å². The minimum Gasteiger partial charge on any atom is -0.469 e. The van der Waals surface area contributed by atoms with Gasteiger partial charge in [-0.05, 0) is 24.5 Å². The van der Waals surface area contributed by atoms with Crippen LogP contribution in [0, 0.1) is 17.5 Å². The molecule has 1 atom stereocenters. The Hall–Kier alpha value is -1.46. The van der Waals surface area contributed by atoms with Crippen molar-refractivity contribution in [2.24, 2.45) is 0 Å². The number of carbonyl (C=O) groups is 1. The molecule has 0 aliphatic rings. The van der Waals surface area contributed by atoms with Crippen LogP contribution in [-0.2, 0) is 16.0 Å². The number of ether oxygens (including phenoxy) is 1. The summed E-state index contributed by atoms with van der Waals surface area (Å²) < 4.78 is 44.2. The molecule has 0 bridgehead atoms. The Morgan fingerprint density at radius 2 is 1.80 bits per heavy atom. The fraction of sp³-hybridized carbons (Fsp3) is 0.500. The van der Waals surface area contributed by atoms with E-state index >= 15 is 0 Å². The predicted molar refractivity (Wildman–Crippen MR) is 72.5 cm³/mol. The fourth-order valence-corrected chi connectivity index (χ4v) is 2.08. The van der Waals surface area contributed by atoms with Crippen molar-refractivity contribution in [1.29, 1.82) is 0 Å². The van der Waals surface area contributed by atoms with Gasteiger partial charge in [-0.1, -0.05) is 19.5 Å². The van der Waals surface area contributed by atoms with E-state index in [4.69, 9.17) is 0 Å². The van der Waals surface area contributed by atoms with Crippen molar-refractivity contribution in [2.75, 3.05) is 7.11 Å². The monoisotopic (exact) mass is 286 g/mol. The molecule has 6 heteroatoms. The number of hydrogen-bond donors (Lipinski definition) is 0. The van der Waals surface area contributed by atoms with Crippen LogP contribution in [0.1, 0.15) is 18.4 Å². The Labute approximate surface area is 117 Å². The van der Waals surface area contributed by atoms with Crippen molar-refractivity contribution in [3.05, 3.63) is 35.1 Å². The molecule has 0 spiro atoms. The average Bonchev–Trinajstić information content (AvgIpc) is 2.39. The molecule has 0 aliphatic heterocycles. The molecule has 20 heavy (non-hydrogen) atoms. The summed E-state index contributed by atoms with van der Waals surface area (Å²) in [5.41, 5.74) is 0.132. The van der Waals surface area contributed by atoms with E-state index < -0.39 is 17.5 Å². The molecule has 0 aliphatic carbocycles. The van der Waals surface area contributed by atoms with Crippen LogP contribution in [0.4, 0.5) is 13.2 Å². The highest BCUT2D eigenvalue weighted by atomic mass is 19.2. The minimum atomic E-state index is -1.19. The minimum absolute atomic E-state index is 0.00605. The molecule has 0 radical (unpaired) electrons. The van der Waals surface area contributed by atoms with Crippen LogP contribution >= 0.6 is 0 Å². The van der Waals surface area contributed by atoms with E-state index in [9.17, 15) is 18.0 Å². The van der Waals surface area contributed by atoms with Crippen LogP contribution in [0.2, 0.25) is 19.5 Å². The lowest BCUT2D eigenvalue weighted by atomic mass is 9.43. The van der Waals surface area contributed by atoms with Crippen LogP contribution in [0.5, 0.6) is 0 Å². The van der Waals surface area contributed by atoms with Crippen LogP contribution in [-0.4, -0.2) is 19.8 Å². The van der Waals surface area contributed by atoms with Gasteiger partial charge < -0.3 is 4.74 Å². The first kappa shape index (κ1) is 16.6. The summed E-state index contributed by atoms with van der Waals surface area (Å²) in [6.07, 6.45) is 1.01. The van der Waals surface area contributed by atoms with Gasteiger partial charge in [0.25, 0.3) is 0 Å². The van der Waals surface area contributed by atoms with Gasteiger partial charge in [-0.15, -0.1) is 0 Å². The largest absolute Gasteiger partial charge is 0.469 e. The molecule has 0 fully saturated rings. The summed E-state index contributed by atoms with van der Waals surface area (Å²) >= 11 is 0. The molecule has 0 N–H and O–H groups in total. The molecule has 110 valence electrons. The highest BCUT2D eigenvalue weighted by Gasteiger charge is 2.21. The van der Waals surface area contributed by atoms with Gasteiger partial charge in [0.2, 0.25) is 0 Å². The highest BCUT2D eigenvalue weighted by molar-refractivity contribution is 6.57. The summed E-state index contributed by atoms with van der Waals surface area (Å²) in [6.45, 7) is 4.08. The summed E-state index contributed by atoms with van der Waals surface area (Å²) in [6, 6.07) is 1.44.